The molecule has 1 aromatic carbocycles. The van der Waals surface area contributed by atoms with E-state index >= 15 is 0 Å². The van der Waals surface area contributed by atoms with Crippen LogP contribution in [0.25, 0.3) is 0 Å². The lowest BCUT2D eigenvalue weighted by molar-refractivity contribution is -0.123. The minimum absolute atomic E-state index is 0.345. The zero-order valence-corrected chi connectivity index (χ0v) is 14.2. The number of carbonyl (C=O) groups excluding carboxylic acids is 1. The first-order valence-electron chi connectivity index (χ1n) is 8.68. The van der Waals surface area contributed by atoms with Gasteiger partial charge in [0.05, 0.1) is 0 Å². The highest BCUT2D eigenvalue weighted by Gasteiger charge is 2.28. The van der Waals surface area contributed by atoms with E-state index in [1.54, 1.807) is 0 Å². The quantitative estimate of drug-likeness (QED) is 0.452. The van der Waals surface area contributed by atoms with E-state index in [2.05, 4.69) is 32.9 Å². The number of ketones is 1. The number of Topliss-reactive ketones (excluding diaryl/α,β-unsaturated/α-hetero) is 1. The molecule has 0 aromatic heterocycles. The van der Waals surface area contributed by atoms with E-state index in [-0.39, 0.29) is 5.41 Å². The van der Waals surface area contributed by atoms with Gasteiger partial charge < -0.3 is 0 Å². The number of carbonyl (C=O) groups is 1. The lowest BCUT2D eigenvalue weighted by Gasteiger charge is -2.23. The van der Waals surface area contributed by atoms with Crippen LogP contribution in [0.2, 0.25) is 0 Å². The second kappa shape index (κ2) is 9.76. The van der Waals surface area contributed by atoms with Gasteiger partial charge in [-0.25, -0.2) is 0 Å². The third-order valence-electron chi connectivity index (χ3n) is 4.45. The molecule has 1 nitrogen and oxygen atoms in total. The van der Waals surface area contributed by atoms with Crippen molar-refractivity contribution in [3.8, 4) is 0 Å². The molecule has 1 aromatic rings. The second-order valence-electron chi connectivity index (χ2n) is 6.64. The lowest BCUT2D eigenvalue weighted by Crippen LogP contribution is -2.28. The Balaban J connectivity index is 2.21. The molecule has 0 fully saturated rings. The van der Waals surface area contributed by atoms with Gasteiger partial charge in [0.15, 0.2) is 0 Å². The Bertz CT molecular complexity index is 392. The largest absolute Gasteiger partial charge is 0.299 e. The summed E-state index contributed by atoms with van der Waals surface area (Å²) < 4.78 is 0. The summed E-state index contributed by atoms with van der Waals surface area (Å²) in [6.45, 7) is 6.35. The maximum atomic E-state index is 12.4. The van der Waals surface area contributed by atoms with E-state index in [1.807, 2.05) is 18.2 Å². The normalized spacial score (nSPS) is 11.6. The van der Waals surface area contributed by atoms with Crippen LogP contribution in [0.15, 0.2) is 30.3 Å². The molecule has 0 saturated carbocycles. The van der Waals surface area contributed by atoms with Crippen LogP contribution in [-0.2, 0) is 10.2 Å². The Morgan fingerprint density at radius 2 is 1.38 bits per heavy atom. The maximum Gasteiger partial charge on any atom is 0.142 e. The van der Waals surface area contributed by atoms with Crippen LogP contribution in [0.5, 0.6) is 0 Å². The summed E-state index contributed by atoms with van der Waals surface area (Å²) in [5.74, 6) is 0.375. The molecule has 0 N–H and O–H groups in total. The zero-order valence-electron chi connectivity index (χ0n) is 14.2. The minimum atomic E-state index is -0.345. The van der Waals surface area contributed by atoms with E-state index in [1.165, 1.54) is 44.9 Å². The van der Waals surface area contributed by atoms with Crippen LogP contribution < -0.4 is 0 Å². The van der Waals surface area contributed by atoms with Crippen LogP contribution >= 0.6 is 0 Å². The van der Waals surface area contributed by atoms with Crippen molar-refractivity contribution >= 4 is 5.78 Å². The Morgan fingerprint density at radius 1 is 0.857 bits per heavy atom. The summed E-state index contributed by atoms with van der Waals surface area (Å²) in [4.78, 5) is 12.4. The van der Waals surface area contributed by atoms with Gasteiger partial charge in [-0.15, -0.1) is 0 Å². The van der Waals surface area contributed by atoms with E-state index in [4.69, 9.17) is 0 Å². The Labute approximate surface area is 131 Å². The first kappa shape index (κ1) is 17.9. The van der Waals surface area contributed by atoms with Crippen molar-refractivity contribution in [3.05, 3.63) is 35.9 Å². The Morgan fingerprint density at radius 3 is 1.95 bits per heavy atom. The highest BCUT2D eigenvalue weighted by molar-refractivity contribution is 5.89. The van der Waals surface area contributed by atoms with E-state index in [0.29, 0.717) is 5.78 Å². The molecule has 0 aliphatic carbocycles. The summed E-state index contributed by atoms with van der Waals surface area (Å²) in [5.41, 5.74) is 0.789. The van der Waals surface area contributed by atoms with E-state index < -0.39 is 0 Å². The van der Waals surface area contributed by atoms with Crippen LogP contribution in [0, 0.1) is 0 Å². The lowest BCUT2D eigenvalue weighted by atomic mass is 9.79. The fraction of sp³-hybridized carbons (Fsp3) is 0.650. The first-order chi connectivity index (χ1) is 10.1. The molecule has 1 heteroatoms. The fourth-order valence-corrected chi connectivity index (χ4v) is 2.75. The van der Waals surface area contributed by atoms with Gasteiger partial charge in [0, 0.05) is 11.8 Å². The van der Waals surface area contributed by atoms with Crippen molar-refractivity contribution in [3.63, 3.8) is 0 Å². The molecule has 0 radical (unpaired) electrons. The molecule has 0 bridgehead atoms. The third-order valence-corrected chi connectivity index (χ3v) is 4.45. The molecule has 0 heterocycles. The standard InChI is InChI=1S/C20H32O/c1-4-5-6-7-8-9-10-14-17-19(21)20(2,3)18-15-12-11-13-16-18/h11-13,15-16H,4-10,14,17H2,1-3H3. The highest BCUT2D eigenvalue weighted by Crippen LogP contribution is 2.26. The van der Waals surface area contributed by atoms with Gasteiger partial charge >= 0.3 is 0 Å². The number of rotatable bonds is 11. The molecule has 0 aliphatic heterocycles. The molecule has 1 rings (SSSR count). The van der Waals surface area contributed by atoms with Crippen molar-refractivity contribution in [2.45, 2.75) is 84.0 Å². The van der Waals surface area contributed by atoms with Gasteiger partial charge in [-0.3, -0.25) is 4.79 Å². The number of hydrogen-bond donors (Lipinski definition) is 0. The average molecular weight is 288 g/mol. The minimum Gasteiger partial charge on any atom is -0.299 e. The molecule has 0 saturated heterocycles. The smallest absolute Gasteiger partial charge is 0.142 e. The van der Waals surface area contributed by atoms with Crippen molar-refractivity contribution < 1.29 is 4.79 Å². The molecule has 21 heavy (non-hydrogen) atoms. The first-order valence-corrected chi connectivity index (χ1v) is 8.68. The molecule has 0 amide bonds. The maximum absolute atomic E-state index is 12.4. The van der Waals surface area contributed by atoms with Crippen LogP contribution in [0.4, 0.5) is 0 Å². The van der Waals surface area contributed by atoms with Crippen LogP contribution in [0.3, 0.4) is 0 Å². The summed E-state index contributed by atoms with van der Waals surface area (Å²) in [5, 5.41) is 0. The van der Waals surface area contributed by atoms with Gasteiger partial charge in [0.1, 0.15) is 5.78 Å². The molecule has 0 unspecified atom stereocenters. The van der Waals surface area contributed by atoms with Crippen LogP contribution in [0.1, 0.15) is 84.1 Å². The van der Waals surface area contributed by atoms with Gasteiger partial charge in [-0.05, 0) is 25.8 Å². The van der Waals surface area contributed by atoms with Gasteiger partial charge in [-0.2, -0.15) is 0 Å². The topological polar surface area (TPSA) is 17.1 Å². The molecular formula is C20H32O. The zero-order chi connectivity index (χ0) is 15.6. The molecule has 0 spiro atoms. The van der Waals surface area contributed by atoms with Gasteiger partial charge in [-0.1, -0.05) is 82.2 Å². The number of unbranched alkanes of at least 4 members (excludes halogenated alkanes) is 7. The predicted octanol–water partition coefficient (Wildman–Crippen LogP) is 6.06. The van der Waals surface area contributed by atoms with Gasteiger partial charge in [0.2, 0.25) is 0 Å². The summed E-state index contributed by atoms with van der Waals surface area (Å²) in [6, 6.07) is 10.2. The highest BCUT2D eigenvalue weighted by atomic mass is 16.1. The van der Waals surface area contributed by atoms with Crippen molar-refractivity contribution in [2.24, 2.45) is 0 Å². The predicted molar refractivity (Wildman–Crippen MR) is 91.7 cm³/mol. The molecule has 0 atom stereocenters. The third kappa shape index (κ3) is 6.46. The second-order valence-corrected chi connectivity index (χ2v) is 6.64. The summed E-state index contributed by atoms with van der Waals surface area (Å²) in [6.07, 6.45) is 11.0. The molecule has 0 aliphatic rings. The Hall–Kier alpha value is -1.11. The fourth-order valence-electron chi connectivity index (χ4n) is 2.75. The summed E-state index contributed by atoms with van der Waals surface area (Å²) >= 11 is 0. The Kier molecular flexibility index (Phi) is 8.34. The average Bonchev–Trinajstić information content (AvgIpc) is 2.50. The van der Waals surface area contributed by atoms with Crippen molar-refractivity contribution in [2.75, 3.05) is 0 Å². The molecule has 118 valence electrons. The molecular weight excluding hydrogens is 256 g/mol. The van der Waals surface area contributed by atoms with E-state index in [0.717, 1.165) is 18.4 Å². The number of benzene rings is 1. The summed E-state index contributed by atoms with van der Waals surface area (Å²) in [7, 11) is 0. The SMILES string of the molecule is CCCCCCCCCCC(=O)C(C)(C)c1ccccc1. The van der Waals surface area contributed by atoms with Crippen molar-refractivity contribution in [1.82, 2.24) is 0 Å². The monoisotopic (exact) mass is 288 g/mol. The van der Waals surface area contributed by atoms with E-state index in [9.17, 15) is 4.79 Å². The van der Waals surface area contributed by atoms with Crippen LogP contribution in [-0.4, -0.2) is 5.78 Å². The van der Waals surface area contributed by atoms with Crippen molar-refractivity contribution in [1.29, 1.82) is 0 Å². The number of hydrogen-bond acceptors (Lipinski definition) is 1. The van der Waals surface area contributed by atoms with Gasteiger partial charge in [0.25, 0.3) is 0 Å².